The molecule has 0 saturated carbocycles. The Kier molecular flexibility index (Phi) is 7.25. The molecule has 3 aromatic carbocycles. The van der Waals surface area contributed by atoms with Crippen molar-refractivity contribution in [1.29, 1.82) is 0 Å². The average molecular weight is 515 g/mol. The Bertz CT molecular complexity index is 1350. The van der Waals surface area contributed by atoms with Crippen molar-refractivity contribution in [2.75, 3.05) is 0 Å². The predicted octanol–water partition coefficient (Wildman–Crippen LogP) is 6.01. The van der Waals surface area contributed by atoms with Gasteiger partial charge in [-0.1, -0.05) is 36.4 Å². The van der Waals surface area contributed by atoms with E-state index in [2.05, 4.69) is 5.32 Å². The van der Waals surface area contributed by atoms with Crippen molar-refractivity contribution in [1.82, 2.24) is 10.2 Å². The molecule has 0 spiro atoms. The number of rotatable bonds is 6. The number of benzene rings is 3. The topological polar surface area (TPSA) is 66.5 Å². The number of hydrogen-bond acceptors (Lipinski definition) is 4. The molecular formula is C26H18F4N2O3S. The number of imide groups is 1. The molecule has 0 bridgehead atoms. The van der Waals surface area contributed by atoms with Gasteiger partial charge in [-0.25, -0.2) is 4.39 Å². The highest BCUT2D eigenvalue weighted by atomic mass is 32.2. The van der Waals surface area contributed by atoms with Crippen LogP contribution in [0.25, 0.3) is 6.08 Å². The quantitative estimate of drug-likeness (QED) is 0.323. The lowest BCUT2D eigenvalue weighted by Crippen LogP contribution is -2.27. The fraction of sp³-hybridized carbons (Fsp3) is 0.115. The largest absolute Gasteiger partial charge is 0.416 e. The van der Waals surface area contributed by atoms with Crippen LogP contribution in [0.1, 0.15) is 32.6 Å². The van der Waals surface area contributed by atoms with Crippen LogP contribution in [0.4, 0.5) is 22.4 Å². The molecule has 184 valence electrons. The number of carbonyl (C=O) groups excluding carboxylic acids is 3. The molecule has 3 aromatic rings. The Labute approximate surface area is 207 Å². The zero-order chi connectivity index (χ0) is 25.9. The number of nitrogens with one attached hydrogen (secondary N) is 1. The van der Waals surface area contributed by atoms with Crippen LogP contribution in [-0.4, -0.2) is 22.0 Å². The summed E-state index contributed by atoms with van der Waals surface area (Å²) in [6, 6.07) is 16.5. The molecule has 1 aliphatic rings. The standard InChI is InChI=1S/C26H18F4N2O3S/c27-21-6-2-4-18(12-21)15-32-24(34)22(36-25(32)35)13-16-7-9-19(10-8-16)23(33)31-14-17-3-1-5-20(11-17)26(28,29)30/h1-13H,14-15H2,(H,31,33). The van der Waals surface area contributed by atoms with Crippen molar-refractivity contribution < 1.29 is 31.9 Å². The summed E-state index contributed by atoms with van der Waals surface area (Å²) in [5.74, 6) is -1.44. The van der Waals surface area contributed by atoms with E-state index in [0.29, 0.717) is 16.7 Å². The highest BCUT2D eigenvalue weighted by Gasteiger charge is 2.35. The Morgan fingerprint density at radius 2 is 1.64 bits per heavy atom. The van der Waals surface area contributed by atoms with Crippen molar-refractivity contribution in [3.05, 3.63) is 111 Å². The van der Waals surface area contributed by atoms with Gasteiger partial charge in [-0.15, -0.1) is 0 Å². The van der Waals surface area contributed by atoms with Gasteiger partial charge in [0, 0.05) is 12.1 Å². The molecule has 10 heteroatoms. The summed E-state index contributed by atoms with van der Waals surface area (Å²) >= 11 is 0.765. The third-order valence-corrected chi connectivity index (χ3v) is 6.19. The summed E-state index contributed by atoms with van der Waals surface area (Å²) in [5, 5.41) is 2.10. The van der Waals surface area contributed by atoms with Crippen LogP contribution < -0.4 is 5.32 Å². The van der Waals surface area contributed by atoms with Crippen molar-refractivity contribution in [3.63, 3.8) is 0 Å². The number of carbonyl (C=O) groups is 3. The van der Waals surface area contributed by atoms with Crippen molar-refractivity contribution in [2.24, 2.45) is 0 Å². The first kappa shape index (κ1) is 25.2. The van der Waals surface area contributed by atoms with Crippen LogP contribution in [0.5, 0.6) is 0 Å². The number of thioether (sulfide) groups is 1. The molecule has 0 unspecified atom stereocenters. The number of halogens is 4. The minimum atomic E-state index is -4.47. The van der Waals surface area contributed by atoms with Gasteiger partial charge in [-0.2, -0.15) is 13.2 Å². The van der Waals surface area contributed by atoms with Crippen molar-refractivity contribution in [2.45, 2.75) is 19.3 Å². The van der Waals surface area contributed by atoms with Crippen molar-refractivity contribution >= 4 is 34.9 Å². The van der Waals surface area contributed by atoms with Crippen LogP contribution in [0.15, 0.2) is 77.7 Å². The monoisotopic (exact) mass is 514 g/mol. The molecule has 1 heterocycles. The van der Waals surface area contributed by atoms with Gasteiger partial charge in [0.05, 0.1) is 17.0 Å². The van der Waals surface area contributed by atoms with Gasteiger partial charge < -0.3 is 5.32 Å². The summed E-state index contributed by atoms with van der Waals surface area (Å²) in [6.45, 7) is -0.131. The molecule has 1 fully saturated rings. The molecule has 0 aromatic heterocycles. The highest BCUT2D eigenvalue weighted by molar-refractivity contribution is 8.18. The van der Waals surface area contributed by atoms with E-state index in [1.54, 1.807) is 18.2 Å². The first-order chi connectivity index (χ1) is 17.1. The normalized spacial score (nSPS) is 15.0. The Morgan fingerprint density at radius 1 is 0.944 bits per heavy atom. The smallest absolute Gasteiger partial charge is 0.348 e. The lowest BCUT2D eigenvalue weighted by molar-refractivity contribution is -0.137. The molecule has 0 atom stereocenters. The van der Waals surface area contributed by atoms with E-state index in [9.17, 15) is 31.9 Å². The van der Waals surface area contributed by atoms with E-state index in [0.717, 1.165) is 28.8 Å². The van der Waals surface area contributed by atoms with Gasteiger partial charge in [0.2, 0.25) is 0 Å². The third kappa shape index (κ3) is 6.01. The SMILES string of the molecule is O=C(NCc1cccc(C(F)(F)F)c1)c1ccc(C=C2SC(=O)N(Cc3cccc(F)c3)C2=O)cc1. The van der Waals surface area contributed by atoms with Gasteiger partial charge in [0.25, 0.3) is 17.1 Å². The summed E-state index contributed by atoms with van der Waals surface area (Å²) in [7, 11) is 0. The minimum absolute atomic E-state index is 0.0508. The summed E-state index contributed by atoms with van der Waals surface area (Å²) in [6.07, 6.45) is -2.95. The van der Waals surface area contributed by atoms with Crippen molar-refractivity contribution in [3.8, 4) is 0 Å². The molecule has 1 N–H and O–H groups in total. The summed E-state index contributed by atoms with van der Waals surface area (Å²) in [4.78, 5) is 38.6. The molecule has 4 rings (SSSR count). The van der Waals surface area contributed by atoms with E-state index in [1.165, 1.54) is 48.5 Å². The van der Waals surface area contributed by atoms with Gasteiger partial charge in [-0.05, 0) is 70.9 Å². The summed E-state index contributed by atoms with van der Waals surface area (Å²) in [5.41, 5.74) is 0.848. The summed E-state index contributed by atoms with van der Waals surface area (Å²) < 4.78 is 51.9. The number of alkyl halides is 3. The molecule has 36 heavy (non-hydrogen) atoms. The van der Waals surface area contributed by atoms with Crippen LogP contribution in [-0.2, 0) is 24.1 Å². The fourth-order valence-corrected chi connectivity index (χ4v) is 4.32. The molecular weight excluding hydrogens is 496 g/mol. The first-order valence-corrected chi connectivity index (χ1v) is 11.5. The maximum absolute atomic E-state index is 13.4. The van der Waals surface area contributed by atoms with Gasteiger partial charge in [0.1, 0.15) is 5.82 Å². The zero-order valence-electron chi connectivity index (χ0n) is 18.5. The van der Waals surface area contributed by atoms with Gasteiger partial charge in [0.15, 0.2) is 0 Å². The maximum atomic E-state index is 13.4. The van der Waals surface area contributed by atoms with Crippen LogP contribution >= 0.6 is 11.8 Å². The van der Waals surface area contributed by atoms with Crippen LogP contribution in [0.2, 0.25) is 0 Å². The number of nitrogens with zero attached hydrogens (tertiary/aromatic N) is 1. The molecule has 0 radical (unpaired) electrons. The third-order valence-electron chi connectivity index (χ3n) is 5.28. The lowest BCUT2D eigenvalue weighted by Gasteiger charge is -2.12. The second kappa shape index (κ2) is 10.4. The molecule has 3 amide bonds. The average Bonchev–Trinajstić information content (AvgIpc) is 3.10. The molecule has 1 saturated heterocycles. The first-order valence-electron chi connectivity index (χ1n) is 10.6. The van der Waals surface area contributed by atoms with E-state index in [1.807, 2.05) is 0 Å². The predicted molar refractivity (Wildman–Crippen MR) is 127 cm³/mol. The Hall–Kier alpha value is -3.92. The highest BCUT2D eigenvalue weighted by Crippen LogP contribution is 2.33. The zero-order valence-corrected chi connectivity index (χ0v) is 19.3. The van der Waals surface area contributed by atoms with Gasteiger partial charge in [-0.3, -0.25) is 19.3 Å². The molecule has 5 nitrogen and oxygen atoms in total. The Morgan fingerprint density at radius 3 is 2.33 bits per heavy atom. The van der Waals surface area contributed by atoms with E-state index >= 15 is 0 Å². The second-order valence-electron chi connectivity index (χ2n) is 7.90. The molecule has 1 aliphatic heterocycles. The van der Waals surface area contributed by atoms with Crippen LogP contribution in [0, 0.1) is 5.82 Å². The maximum Gasteiger partial charge on any atom is 0.416 e. The fourth-order valence-electron chi connectivity index (χ4n) is 3.48. The second-order valence-corrected chi connectivity index (χ2v) is 8.89. The Balaban J connectivity index is 1.39. The van der Waals surface area contributed by atoms with Gasteiger partial charge >= 0.3 is 6.18 Å². The number of amides is 3. The van der Waals surface area contributed by atoms with Crippen LogP contribution in [0.3, 0.4) is 0 Å². The number of hydrogen-bond donors (Lipinski definition) is 1. The minimum Gasteiger partial charge on any atom is -0.348 e. The van der Waals surface area contributed by atoms with E-state index < -0.39 is 34.6 Å². The van der Waals surface area contributed by atoms with E-state index in [-0.39, 0.29) is 23.6 Å². The lowest BCUT2D eigenvalue weighted by atomic mass is 10.1. The molecule has 0 aliphatic carbocycles. The van der Waals surface area contributed by atoms with E-state index in [4.69, 9.17) is 0 Å².